The number of carbonyl (C=O) groups excluding carboxylic acids is 1. The molecule has 5 heteroatoms. The van der Waals surface area contributed by atoms with E-state index < -0.39 is 0 Å². The van der Waals surface area contributed by atoms with Crippen molar-refractivity contribution in [1.29, 1.82) is 0 Å². The Morgan fingerprint density at radius 3 is 2.77 bits per heavy atom. The van der Waals surface area contributed by atoms with Crippen LogP contribution in [0.2, 0.25) is 0 Å². The zero-order valence-corrected chi connectivity index (χ0v) is 15.1. The molecule has 1 N–H and O–H groups in total. The van der Waals surface area contributed by atoms with Crippen LogP contribution >= 0.6 is 0 Å². The standard InChI is InChI=1S/C21H25FN2O2/c1-15(16-6-3-2-4-7-16)24-21(25)17-10-11-19(23-13-17)14-26-20-9-5-8-18(22)12-20/h5,8-13,15-16H,2-4,6-7,14H2,1H3,(H,24,25)/t15-/m0/s1. The van der Waals surface area contributed by atoms with Gasteiger partial charge in [-0.15, -0.1) is 0 Å². The van der Waals surface area contributed by atoms with E-state index in [4.69, 9.17) is 4.74 Å². The van der Waals surface area contributed by atoms with Crippen LogP contribution in [0.4, 0.5) is 4.39 Å². The van der Waals surface area contributed by atoms with Gasteiger partial charge in [0.05, 0.1) is 11.3 Å². The summed E-state index contributed by atoms with van der Waals surface area (Å²) in [6.45, 7) is 2.31. The van der Waals surface area contributed by atoms with Gasteiger partial charge >= 0.3 is 0 Å². The van der Waals surface area contributed by atoms with Crippen molar-refractivity contribution in [1.82, 2.24) is 10.3 Å². The predicted octanol–water partition coefficient (Wildman–Crippen LogP) is 4.50. The molecule has 1 aromatic heterocycles. The van der Waals surface area contributed by atoms with Crippen molar-refractivity contribution in [2.24, 2.45) is 5.92 Å². The Morgan fingerprint density at radius 2 is 2.08 bits per heavy atom. The molecule has 26 heavy (non-hydrogen) atoms. The van der Waals surface area contributed by atoms with Crippen molar-refractivity contribution in [3.8, 4) is 5.75 Å². The molecule has 0 bridgehead atoms. The predicted molar refractivity (Wildman–Crippen MR) is 98.5 cm³/mol. The highest BCUT2D eigenvalue weighted by Crippen LogP contribution is 2.26. The molecule has 1 atom stereocenters. The number of carbonyl (C=O) groups is 1. The molecule has 0 saturated heterocycles. The highest BCUT2D eigenvalue weighted by atomic mass is 19.1. The lowest BCUT2D eigenvalue weighted by Crippen LogP contribution is -2.38. The van der Waals surface area contributed by atoms with Crippen LogP contribution in [0.15, 0.2) is 42.6 Å². The number of amides is 1. The normalized spacial score (nSPS) is 16.1. The van der Waals surface area contributed by atoms with Crippen LogP contribution in [-0.2, 0) is 6.61 Å². The summed E-state index contributed by atoms with van der Waals surface area (Å²) in [6.07, 6.45) is 7.76. The number of hydrogen-bond donors (Lipinski definition) is 1. The largest absolute Gasteiger partial charge is 0.487 e. The molecule has 1 aromatic carbocycles. The Bertz CT molecular complexity index is 727. The fourth-order valence-electron chi connectivity index (χ4n) is 3.40. The van der Waals surface area contributed by atoms with Crippen molar-refractivity contribution < 1.29 is 13.9 Å². The molecule has 1 amide bonds. The SMILES string of the molecule is C[C@H](NC(=O)c1ccc(COc2cccc(F)c2)nc1)C1CCCCC1. The van der Waals surface area contributed by atoms with Crippen LogP contribution in [0.5, 0.6) is 5.75 Å². The van der Waals surface area contributed by atoms with E-state index in [9.17, 15) is 9.18 Å². The molecule has 138 valence electrons. The third-order valence-electron chi connectivity index (χ3n) is 4.99. The lowest BCUT2D eigenvalue weighted by Gasteiger charge is -2.28. The summed E-state index contributed by atoms with van der Waals surface area (Å²) in [5, 5.41) is 3.10. The third kappa shape index (κ3) is 5.04. The maximum atomic E-state index is 13.1. The minimum absolute atomic E-state index is 0.0897. The van der Waals surface area contributed by atoms with Crippen molar-refractivity contribution in [2.45, 2.75) is 51.7 Å². The van der Waals surface area contributed by atoms with Crippen LogP contribution in [0.25, 0.3) is 0 Å². The molecule has 4 nitrogen and oxygen atoms in total. The minimum Gasteiger partial charge on any atom is -0.487 e. The maximum Gasteiger partial charge on any atom is 0.253 e. The summed E-state index contributed by atoms with van der Waals surface area (Å²) in [7, 11) is 0. The number of nitrogens with zero attached hydrogens (tertiary/aromatic N) is 1. The average Bonchev–Trinajstić information content (AvgIpc) is 2.67. The topological polar surface area (TPSA) is 51.2 Å². The Balaban J connectivity index is 1.52. The molecule has 0 spiro atoms. The first-order valence-corrected chi connectivity index (χ1v) is 9.26. The van der Waals surface area contributed by atoms with Crippen LogP contribution in [0.3, 0.4) is 0 Å². The second kappa shape index (κ2) is 8.79. The summed E-state index contributed by atoms with van der Waals surface area (Å²) in [4.78, 5) is 16.7. The van der Waals surface area contributed by atoms with Crippen LogP contribution < -0.4 is 10.1 Å². The van der Waals surface area contributed by atoms with Gasteiger partial charge < -0.3 is 10.1 Å². The molecule has 0 unspecified atom stereocenters. The van der Waals surface area contributed by atoms with Gasteiger partial charge in [0.2, 0.25) is 0 Å². The number of aromatic nitrogens is 1. The van der Waals surface area contributed by atoms with E-state index in [0.29, 0.717) is 22.9 Å². The fourth-order valence-corrected chi connectivity index (χ4v) is 3.40. The summed E-state index contributed by atoms with van der Waals surface area (Å²) in [5.41, 5.74) is 1.23. The number of rotatable bonds is 6. The molecule has 0 aliphatic heterocycles. The Morgan fingerprint density at radius 1 is 1.27 bits per heavy atom. The first kappa shape index (κ1) is 18.4. The lowest BCUT2D eigenvalue weighted by molar-refractivity contribution is 0.0919. The molecule has 2 aromatic rings. The number of hydrogen-bond acceptors (Lipinski definition) is 3. The van der Waals surface area contributed by atoms with Gasteiger partial charge in [-0.3, -0.25) is 9.78 Å². The maximum absolute atomic E-state index is 13.1. The van der Waals surface area contributed by atoms with E-state index in [1.165, 1.54) is 44.2 Å². The Hall–Kier alpha value is -2.43. The molecule has 1 saturated carbocycles. The summed E-state index contributed by atoms with van der Waals surface area (Å²) < 4.78 is 18.6. The number of benzene rings is 1. The van der Waals surface area contributed by atoms with Gasteiger partial charge in [-0.2, -0.15) is 0 Å². The number of pyridine rings is 1. The van der Waals surface area contributed by atoms with Crippen LogP contribution in [0, 0.1) is 11.7 Å². The molecule has 1 aliphatic carbocycles. The van der Waals surface area contributed by atoms with Crippen molar-refractivity contribution >= 4 is 5.91 Å². The van der Waals surface area contributed by atoms with Gasteiger partial charge in [-0.1, -0.05) is 25.3 Å². The second-order valence-corrected chi connectivity index (χ2v) is 6.94. The quantitative estimate of drug-likeness (QED) is 0.829. The van der Waals surface area contributed by atoms with Gasteiger partial charge in [0.25, 0.3) is 5.91 Å². The number of halogens is 1. The third-order valence-corrected chi connectivity index (χ3v) is 4.99. The van der Waals surface area contributed by atoms with Gasteiger partial charge in [-0.05, 0) is 49.9 Å². The van der Waals surface area contributed by atoms with Crippen LogP contribution in [-0.4, -0.2) is 16.9 Å². The summed E-state index contributed by atoms with van der Waals surface area (Å²) >= 11 is 0. The van der Waals surface area contributed by atoms with Gasteiger partial charge in [-0.25, -0.2) is 4.39 Å². The van der Waals surface area contributed by atoms with Gasteiger partial charge in [0, 0.05) is 18.3 Å². The number of ether oxygens (including phenoxy) is 1. The smallest absolute Gasteiger partial charge is 0.253 e. The highest BCUT2D eigenvalue weighted by molar-refractivity contribution is 5.94. The van der Waals surface area contributed by atoms with Crippen molar-refractivity contribution in [3.05, 3.63) is 59.7 Å². The fraction of sp³-hybridized carbons (Fsp3) is 0.429. The second-order valence-electron chi connectivity index (χ2n) is 6.94. The van der Waals surface area contributed by atoms with Crippen molar-refractivity contribution in [3.63, 3.8) is 0 Å². The monoisotopic (exact) mass is 356 g/mol. The highest BCUT2D eigenvalue weighted by Gasteiger charge is 2.21. The van der Waals surface area contributed by atoms with Crippen molar-refractivity contribution in [2.75, 3.05) is 0 Å². The number of nitrogens with one attached hydrogen (secondary N) is 1. The molecule has 1 fully saturated rings. The van der Waals surface area contributed by atoms with E-state index in [-0.39, 0.29) is 24.4 Å². The van der Waals surface area contributed by atoms with E-state index in [2.05, 4.69) is 17.2 Å². The minimum atomic E-state index is -0.338. The van der Waals surface area contributed by atoms with E-state index in [0.717, 1.165) is 0 Å². The zero-order valence-electron chi connectivity index (χ0n) is 15.1. The molecule has 1 aliphatic rings. The molecular weight excluding hydrogens is 331 g/mol. The molecule has 3 rings (SSSR count). The Kier molecular flexibility index (Phi) is 6.21. The average molecular weight is 356 g/mol. The van der Waals surface area contributed by atoms with Gasteiger partial charge in [0.1, 0.15) is 18.2 Å². The summed E-state index contributed by atoms with van der Waals surface area (Å²) in [5.74, 6) is 0.595. The van der Waals surface area contributed by atoms with E-state index in [1.807, 2.05) is 0 Å². The van der Waals surface area contributed by atoms with Crippen LogP contribution in [0.1, 0.15) is 55.1 Å². The van der Waals surface area contributed by atoms with E-state index >= 15 is 0 Å². The molecule has 0 radical (unpaired) electrons. The zero-order chi connectivity index (χ0) is 18.4. The van der Waals surface area contributed by atoms with E-state index in [1.54, 1.807) is 30.5 Å². The summed E-state index contributed by atoms with van der Waals surface area (Å²) in [6, 6.07) is 9.68. The molecular formula is C21H25FN2O2. The first-order chi connectivity index (χ1) is 12.6. The van der Waals surface area contributed by atoms with Gasteiger partial charge in [0.15, 0.2) is 0 Å². The Labute approximate surface area is 153 Å². The first-order valence-electron chi connectivity index (χ1n) is 9.26. The lowest BCUT2D eigenvalue weighted by atomic mass is 9.84. The molecule has 1 heterocycles.